The number of hydrogen-bond acceptors (Lipinski definition) is 4. The summed E-state index contributed by atoms with van der Waals surface area (Å²) in [6, 6.07) is 7.55. The van der Waals surface area contributed by atoms with E-state index in [9.17, 15) is 4.79 Å². The van der Waals surface area contributed by atoms with E-state index in [0.717, 1.165) is 23.7 Å². The van der Waals surface area contributed by atoms with Crippen LogP contribution in [0.4, 0.5) is 5.69 Å². The van der Waals surface area contributed by atoms with E-state index in [1.165, 1.54) is 0 Å². The van der Waals surface area contributed by atoms with Crippen LogP contribution in [-0.2, 0) is 0 Å². The van der Waals surface area contributed by atoms with Gasteiger partial charge < -0.3 is 9.64 Å². The van der Waals surface area contributed by atoms with Crippen LogP contribution in [0.1, 0.15) is 42.6 Å². The number of H-pyrrole nitrogens is 1. The Morgan fingerprint density at radius 1 is 1.38 bits per heavy atom. The number of aromatic nitrogens is 3. The zero-order chi connectivity index (χ0) is 14.8. The number of para-hydroxylation sites is 2. The van der Waals surface area contributed by atoms with Crippen LogP contribution in [0.5, 0.6) is 5.75 Å². The van der Waals surface area contributed by atoms with Crippen LogP contribution in [0.3, 0.4) is 0 Å². The summed E-state index contributed by atoms with van der Waals surface area (Å²) in [6.45, 7) is 5.21. The highest BCUT2D eigenvalue weighted by Gasteiger charge is 2.26. The average Bonchev–Trinajstić information content (AvgIpc) is 2.88. The third-order valence-electron chi connectivity index (χ3n) is 3.43. The van der Waals surface area contributed by atoms with Crippen LogP contribution in [0.2, 0.25) is 0 Å². The van der Waals surface area contributed by atoms with E-state index in [-0.39, 0.29) is 17.6 Å². The quantitative estimate of drug-likeness (QED) is 0.920. The van der Waals surface area contributed by atoms with E-state index >= 15 is 0 Å². The van der Waals surface area contributed by atoms with Gasteiger partial charge in [0.05, 0.1) is 12.3 Å². The number of rotatable bonds is 2. The third kappa shape index (κ3) is 2.61. The maximum absolute atomic E-state index is 12.7. The largest absolute Gasteiger partial charge is 0.491 e. The Kier molecular flexibility index (Phi) is 3.60. The lowest BCUT2D eigenvalue weighted by atomic mass is 10.2. The monoisotopic (exact) mass is 286 g/mol. The summed E-state index contributed by atoms with van der Waals surface area (Å²) in [5.74, 6) is 1.66. The Morgan fingerprint density at radius 2 is 2.19 bits per heavy atom. The van der Waals surface area contributed by atoms with E-state index in [4.69, 9.17) is 4.74 Å². The molecule has 0 unspecified atom stereocenters. The van der Waals surface area contributed by atoms with Gasteiger partial charge in [0.2, 0.25) is 5.82 Å². The molecule has 2 aromatic rings. The molecule has 0 aliphatic carbocycles. The van der Waals surface area contributed by atoms with Crippen molar-refractivity contribution in [3.05, 3.63) is 35.9 Å². The van der Waals surface area contributed by atoms with Crippen LogP contribution >= 0.6 is 0 Å². The fourth-order valence-electron chi connectivity index (χ4n) is 2.29. The van der Waals surface area contributed by atoms with Gasteiger partial charge >= 0.3 is 0 Å². The molecule has 0 radical (unpaired) electrons. The van der Waals surface area contributed by atoms with Crippen molar-refractivity contribution in [1.29, 1.82) is 0 Å². The molecule has 0 saturated carbocycles. The van der Waals surface area contributed by atoms with Gasteiger partial charge in [0.15, 0.2) is 0 Å². The van der Waals surface area contributed by atoms with Crippen LogP contribution < -0.4 is 9.64 Å². The van der Waals surface area contributed by atoms with E-state index in [0.29, 0.717) is 13.2 Å². The number of amides is 1. The third-order valence-corrected chi connectivity index (χ3v) is 3.43. The zero-order valence-electron chi connectivity index (χ0n) is 12.2. The Bertz CT molecular complexity index is 651. The second-order valence-electron chi connectivity index (χ2n) is 5.33. The number of carbonyl (C=O) groups excluding carboxylic acids is 1. The van der Waals surface area contributed by atoms with Gasteiger partial charge in [-0.15, -0.1) is 5.10 Å². The number of ether oxygens (including phenoxy) is 1. The van der Waals surface area contributed by atoms with Crippen molar-refractivity contribution < 1.29 is 9.53 Å². The first kappa shape index (κ1) is 13.6. The highest BCUT2D eigenvalue weighted by Crippen LogP contribution is 2.31. The van der Waals surface area contributed by atoms with E-state index < -0.39 is 0 Å². The first-order valence-electron chi connectivity index (χ1n) is 7.13. The van der Waals surface area contributed by atoms with Crippen molar-refractivity contribution in [2.45, 2.75) is 26.2 Å². The number of anilines is 1. The Balaban J connectivity index is 1.93. The van der Waals surface area contributed by atoms with Gasteiger partial charge in [-0.1, -0.05) is 26.0 Å². The molecular weight excluding hydrogens is 268 g/mol. The fraction of sp³-hybridized carbons (Fsp3) is 0.400. The summed E-state index contributed by atoms with van der Waals surface area (Å²) >= 11 is 0. The molecular formula is C15H18N4O2. The van der Waals surface area contributed by atoms with Crippen LogP contribution in [0, 0.1) is 0 Å². The van der Waals surface area contributed by atoms with Gasteiger partial charge in [-0.05, 0) is 18.6 Å². The number of fused-ring (bicyclic) bond motifs is 1. The lowest BCUT2D eigenvalue weighted by molar-refractivity contribution is 0.0977. The van der Waals surface area contributed by atoms with Gasteiger partial charge in [-0.25, -0.2) is 4.98 Å². The molecule has 6 nitrogen and oxygen atoms in total. The van der Waals surface area contributed by atoms with Gasteiger partial charge in [0.1, 0.15) is 11.6 Å². The molecule has 1 aromatic carbocycles. The van der Waals surface area contributed by atoms with Crippen LogP contribution in [-0.4, -0.2) is 34.2 Å². The minimum absolute atomic E-state index is 0.198. The first-order valence-corrected chi connectivity index (χ1v) is 7.13. The van der Waals surface area contributed by atoms with Crippen molar-refractivity contribution >= 4 is 11.6 Å². The SMILES string of the molecule is CC(C)c1nc(C(=O)N2CCCOc3ccccc32)n[nH]1. The summed E-state index contributed by atoms with van der Waals surface area (Å²) in [6.07, 6.45) is 0.780. The van der Waals surface area contributed by atoms with Crippen molar-refractivity contribution in [2.75, 3.05) is 18.1 Å². The highest BCUT2D eigenvalue weighted by molar-refractivity contribution is 6.04. The maximum Gasteiger partial charge on any atom is 0.298 e. The summed E-state index contributed by atoms with van der Waals surface area (Å²) in [5, 5.41) is 6.87. The molecule has 6 heteroatoms. The summed E-state index contributed by atoms with van der Waals surface area (Å²) in [4.78, 5) is 18.7. The lowest BCUT2D eigenvalue weighted by Gasteiger charge is -2.19. The highest BCUT2D eigenvalue weighted by atomic mass is 16.5. The first-order chi connectivity index (χ1) is 10.2. The topological polar surface area (TPSA) is 71.1 Å². The molecule has 0 spiro atoms. The molecule has 0 atom stereocenters. The molecule has 0 bridgehead atoms. The van der Waals surface area contributed by atoms with Crippen molar-refractivity contribution in [1.82, 2.24) is 15.2 Å². The normalized spacial score (nSPS) is 14.5. The lowest BCUT2D eigenvalue weighted by Crippen LogP contribution is -2.32. The van der Waals surface area contributed by atoms with Crippen molar-refractivity contribution in [3.63, 3.8) is 0 Å². The molecule has 0 saturated heterocycles. The summed E-state index contributed by atoms with van der Waals surface area (Å²) in [5.41, 5.74) is 0.774. The predicted molar refractivity (Wildman–Crippen MR) is 78.7 cm³/mol. The number of nitrogens with zero attached hydrogens (tertiary/aromatic N) is 3. The van der Waals surface area contributed by atoms with E-state index in [1.807, 2.05) is 38.1 Å². The smallest absolute Gasteiger partial charge is 0.298 e. The minimum atomic E-state index is -0.198. The zero-order valence-corrected chi connectivity index (χ0v) is 12.2. The number of benzene rings is 1. The number of aromatic amines is 1. The second kappa shape index (κ2) is 5.55. The van der Waals surface area contributed by atoms with Crippen LogP contribution in [0.25, 0.3) is 0 Å². The van der Waals surface area contributed by atoms with Crippen molar-refractivity contribution in [2.24, 2.45) is 0 Å². The number of carbonyl (C=O) groups is 1. The molecule has 1 aliphatic rings. The predicted octanol–water partition coefficient (Wildman–Crippen LogP) is 2.36. The molecule has 1 amide bonds. The maximum atomic E-state index is 12.7. The minimum Gasteiger partial charge on any atom is -0.491 e. The molecule has 1 N–H and O–H groups in total. The molecule has 1 aliphatic heterocycles. The molecule has 0 fully saturated rings. The molecule has 1 aromatic heterocycles. The molecule has 2 heterocycles. The summed E-state index contributed by atoms with van der Waals surface area (Å²) in [7, 11) is 0. The molecule has 21 heavy (non-hydrogen) atoms. The molecule has 3 rings (SSSR count). The van der Waals surface area contributed by atoms with Gasteiger partial charge in [0.25, 0.3) is 5.91 Å². The number of nitrogens with one attached hydrogen (secondary N) is 1. The Morgan fingerprint density at radius 3 is 2.95 bits per heavy atom. The number of hydrogen-bond donors (Lipinski definition) is 1. The fourth-order valence-corrected chi connectivity index (χ4v) is 2.29. The Labute approximate surface area is 123 Å². The standard InChI is InChI=1S/C15H18N4O2/c1-10(2)13-16-14(18-17-13)15(20)19-8-5-9-21-12-7-4-3-6-11(12)19/h3-4,6-7,10H,5,8-9H2,1-2H3,(H,16,17,18). The summed E-state index contributed by atoms with van der Waals surface area (Å²) < 4.78 is 5.67. The molecule has 110 valence electrons. The average molecular weight is 286 g/mol. The van der Waals surface area contributed by atoms with Gasteiger partial charge in [-0.2, -0.15) is 0 Å². The van der Waals surface area contributed by atoms with Gasteiger partial charge in [-0.3, -0.25) is 9.89 Å². The van der Waals surface area contributed by atoms with E-state index in [2.05, 4.69) is 15.2 Å². The van der Waals surface area contributed by atoms with E-state index in [1.54, 1.807) is 4.90 Å². The Hall–Kier alpha value is -2.37. The second-order valence-corrected chi connectivity index (χ2v) is 5.33. The van der Waals surface area contributed by atoms with Gasteiger partial charge in [0, 0.05) is 12.5 Å². The van der Waals surface area contributed by atoms with Crippen LogP contribution in [0.15, 0.2) is 24.3 Å². The van der Waals surface area contributed by atoms with Crippen molar-refractivity contribution in [3.8, 4) is 5.75 Å².